The highest BCUT2D eigenvalue weighted by molar-refractivity contribution is 5.90. The zero-order valence-corrected chi connectivity index (χ0v) is 17.5. The van der Waals surface area contributed by atoms with E-state index < -0.39 is 22.5 Å². The predicted octanol–water partition coefficient (Wildman–Crippen LogP) is 2.17. The van der Waals surface area contributed by atoms with Gasteiger partial charge >= 0.3 is 0 Å². The molecule has 1 rings (SSSR count). The van der Waals surface area contributed by atoms with Crippen LogP contribution >= 0.6 is 0 Å². The van der Waals surface area contributed by atoms with E-state index in [0.29, 0.717) is 12.3 Å². The van der Waals surface area contributed by atoms with E-state index >= 15 is 0 Å². The van der Waals surface area contributed by atoms with Gasteiger partial charge in [-0.25, -0.2) is 0 Å². The standard InChI is InChI=1S/C20H32N4O4/c1-13(2)11-16(21-6)18(25)22-17(19(26)23-20(3,4)5)12-14-7-9-15(10-8-14)24(27)28/h7-10,13,16-17,21H,11-12H2,1-6H3,(H,22,25)(H,23,26). The number of hydrogen-bond acceptors (Lipinski definition) is 5. The lowest BCUT2D eigenvalue weighted by molar-refractivity contribution is -0.384. The molecule has 2 atom stereocenters. The van der Waals surface area contributed by atoms with E-state index in [4.69, 9.17) is 0 Å². The highest BCUT2D eigenvalue weighted by atomic mass is 16.6. The fourth-order valence-electron chi connectivity index (χ4n) is 2.76. The maximum absolute atomic E-state index is 12.8. The summed E-state index contributed by atoms with van der Waals surface area (Å²) in [6, 6.07) is 4.81. The van der Waals surface area contributed by atoms with E-state index in [1.165, 1.54) is 12.1 Å². The van der Waals surface area contributed by atoms with E-state index in [1.807, 2.05) is 34.6 Å². The van der Waals surface area contributed by atoms with Gasteiger partial charge in [-0.2, -0.15) is 0 Å². The molecular weight excluding hydrogens is 360 g/mol. The summed E-state index contributed by atoms with van der Waals surface area (Å²) in [5.41, 5.74) is 0.260. The van der Waals surface area contributed by atoms with Crippen molar-refractivity contribution in [3.8, 4) is 0 Å². The number of hydrogen-bond donors (Lipinski definition) is 3. The van der Waals surface area contributed by atoms with Crippen molar-refractivity contribution in [1.29, 1.82) is 0 Å². The van der Waals surface area contributed by atoms with Gasteiger partial charge in [0, 0.05) is 24.1 Å². The van der Waals surface area contributed by atoms with Crippen LogP contribution in [0.4, 0.5) is 5.69 Å². The van der Waals surface area contributed by atoms with Crippen LogP contribution in [0, 0.1) is 16.0 Å². The van der Waals surface area contributed by atoms with Crippen molar-refractivity contribution < 1.29 is 14.5 Å². The molecule has 8 heteroatoms. The largest absolute Gasteiger partial charge is 0.350 e. The number of nitrogens with zero attached hydrogens (tertiary/aromatic N) is 1. The van der Waals surface area contributed by atoms with Gasteiger partial charge in [-0.05, 0) is 45.7 Å². The van der Waals surface area contributed by atoms with Gasteiger partial charge in [0.05, 0.1) is 11.0 Å². The Labute approximate surface area is 166 Å². The lowest BCUT2D eigenvalue weighted by atomic mass is 10.00. The van der Waals surface area contributed by atoms with Gasteiger partial charge in [-0.1, -0.05) is 26.0 Å². The zero-order chi connectivity index (χ0) is 21.5. The second-order valence-electron chi connectivity index (χ2n) is 8.40. The van der Waals surface area contributed by atoms with Gasteiger partial charge in [-0.15, -0.1) is 0 Å². The Morgan fingerprint density at radius 1 is 1.07 bits per heavy atom. The van der Waals surface area contributed by atoms with Crippen molar-refractivity contribution in [3.63, 3.8) is 0 Å². The number of non-ortho nitro benzene ring substituents is 1. The molecule has 1 aromatic carbocycles. The van der Waals surface area contributed by atoms with Crippen LogP contribution in [0.25, 0.3) is 0 Å². The van der Waals surface area contributed by atoms with Crippen molar-refractivity contribution >= 4 is 17.5 Å². The average molecular weight is 393 g/mol. The van der Waals surface area contributed by atoms with Gasteiger partial charge in [0.25, 0.3) is 5.69 Å². The molecule has 2 unspecified atom stereocenters. The molecule has 0 aliphatic rings. The monoisotopic (exact) mass is 392 g/mol. The van der Waals surface area contributed by atoms with E-state index in [9.17, 15) is 19.7 Å². The summed E-state index contributed by atoms with van der Waals surface area (Å²) in [6.45, 7) is 9.65. The summed E-state index contributed by atoms with van der Waals surface area (Å²) in [6.07, 6.45) is 0.886. The summed E-state index contributed by atoms with van der Waals surface area (Å²) in [4.78, 5) is 35.8. The van der Waals surface area contributed by atoms with Gasteiger partial charge in [0.2, 0.25) is 11.8 Å². The summed E-state index contributed by atoms with van der Waals surface area (Å²) in [5, 5.41) is 19.5. The van der Waals surface area contributed by atoms with Gasteiger partial charge in [0.1, 0.15) is 6.04 Å². The minimum absolute atomic E-state index is 0.0179. The molecule has 0 spiro atoms. The smallest absolute Gasteiger partial charge is 0.269 e. The number of nitro groups is 1. The molecule has 8 nitrogen and oxygen atoms in total. The Bertz CT molecular complexity index is 680. The Balaban J connectivity index is 2.99. The van der Waals surface area contributed by atoms with Crippen molar-refractivity contribution in [1.82, 2.24) is 16.0 Å². The molecule has 0 fully saturated rings. The van der Waals surface area contributed by atoms with Crippen LogP contribution in [0.15, 0.2) is 24.3 Å². The summed E-state index contributed by atoms with van der Waals surface area (Å²) < 4.78 is 0. The Kier molecular flexibility index (Phi) is 8.56. The second kappa shape index (κ2) is 10.2. The minimum Gasteiger partial charge on any atom is -0.350 e. The topological polar surface area (TPSA) is 113 Å². The minimum atomic E-state index is -0.781. The Morgan fingerprint density at radius 3 is 2.07 bits per heavy atom. The SMILES string of the molecule is CNC(CC(C)C)C(=O)NC(Cc1ccc([N+](=O)[O-])cc1)C(=O)NC(C)(C)C. The van der Waals surface area contributed by atoms with Crippen molar-refractivity contribution in [2.75, 3.05) is 7.05 Å². The van der Waals surface area contributed by atoms with E-state index in [1.54, 1.807) is 19.2 Å². The van der Waals surface area contributed by atoms with Crippen LogP contribution in [0.3, 0.4) is 0 Å². The molecule has 0 saturated heterocycles. The van der Waals surface area contributed by atoms with Crippen LogP contribution in [0.2, 0.25) is 0 Å². The molecule has 0 aliphatic heterocycles. The molecule has 0 bridgehead atoms. The lowest BCUT2D eigenvalue weighted by Crippen LogP contribution is -2.56. The van der Waals surface area contributed by atoms with Crippen molar-refractivity contribution in [3.05, 3.63) is 39.9 Å². The molecule has 0 saturated carbocycles. The number of benzene rings is 1. The third kappa shape index (κ3) is 8.04. The fourth-order valence-corrected chi connectivity index (χ4v) is 2.76. The predicted molar refractivity (Wildman–Crippen MR) is 109 cm³/mol. The highest BCUT2D eigenvalue weighted by Gasteiger charge is 2.27. The van der Waals surface area contributed by atoms with E-state index in [0.717, 1.165) is 5.56 Å². The Hall–Kier alpha value is -2.48. The van der Waals surface area contributed by atoms with Crippen molar-refractivity contribution in [2.45, 2.75) is 65.1 Å². The molecule has 3 N–H and O–H groups in total. The molecule has 28 heavy (non-hydrogen) atoms. The molecule has 0 radical (unpaired) electrons. The van der Waals surface area contributed by atoms with Crippen LogP contribution in [-0.2, 0) is 16.0 Å². The van der Waals surface area contributed by atoms with Crippen molar-refractivity contribution in [2.24, 2.45) is 5.92 Å². The third-order valence-electron chi connectivity index (χ3n) is 4.09. The summed E-state index contributed by atoms with van der Waals surface area (Å²) >= 11 is 0. The maximum Gasteiger partial charge on any atom is 0.269 e. The Morgan fingerprint density at radius 2 is 1.64 bits per heavy atom. The first kappa shape index (κ1) is 23.6. The number of nitro benzene ring substituents is 1. The number of likely N-dealkylation sites (N-methyl/N-ethyl adjacent to an activating group) is 1. The lowest BCUT2D eigenvalue weighted by Gasteiger charge is -2.27. The van der Waals surface area contributed by atoms with E-state index in [2.05, 4.69) is 16.0 Å². The number of rotatable bonds is 9. The first-order chi connectivity index (χ1) is 12.9. The molecule has 0 aliphatic carbocycles. The van der Waals surface area contributed by atoms with Crippen LogP contribution < -0.4 is 16.0 Å². The van der Waals surface area contributed by atoms with Gasteiger partial charge < -0.3 is 16.0 Å². The molecule has 156 valence electrons. The second-order valence-corrected chi connectivity index (χ2v) is 8.40. The highest BCUT2D eigenvalue weighted by Crippen LogP contribution is 2.14. The van der Waals surface area contributed by atoms with Gasteiger partial charge in [0.15, 0.2) is 0 Å². The molecular formula is C20H32N4O4. The van der Waals surface area contributed by atoms with E-state index in [-0.39, 0.29) is 23.9 Å². The number of carbonyl (C=O) groups is 2. The summed E-state index contributed by atoms with van der Waals surface area (Å²) in [5.74, 6) is -0.217. The quantitative estimate of drug-likeness (QED) is 0.440. The molecule has 2 amide bonds. The summed E-state index contributed by atoms with van der Waals surface area (Å²) in [7, 11) is 1.72. The first-order valence-corrected chi connectivity index (χ1v) is 9.46. The molecule has 0 heterocycles. The third-order valence-corrected chi connectivity index (χ3v) is 4.09. The fraction of sp³-hybridized carbons (Fsp3) is 0.600. The number of carbonyl (C=O) groups excluding carboxylic acids is 2. The van der Waals surface area contributed by atoms with Crippen LogP contribution in [0.5, 0.6) is 0 Å². The number of amides is 2. The first-order valence-electron chi connectivity index (χ1n) is 9.46. The van der Waals surface area contributed by atoms with Gasteiger partial charge in [-0.3, -0.25) is 19.7 Å². The number of nitrogens with one attached hydrogen (secondary N) is 3. The zero-order valence-electron chi connectivity index (χ0n) is 17.5. The molecule has 0 aromatic heterocycles. The normalized spacial score (nSPS) is 13.7. The maximum atomic E-state index is 12.8. The molecule has 1 aromatic rings. The van der Waals surface area contributed by atoms with Crippen LogP contribution in [0.1, 0.15) is 46.6 Å². The van der Waals surface area contributed by atoms with Crippen LogP contribution in [-0.4, -0.2) is 41.4 Å². The average Bonchev–Trinajstić information content (AvgIpc) is 2.57.